The summed E-state index contributed by atoms with van der Waals surface area (Å²) >= 11 is 0. The zero-order valence-corrected chi connectivity index (χ0v) is 13.1. The Hall–Kier alpha value is -0.860. The van der Waals surface area contributed by atoms with Crippen molar-refractivity contribution in [2.75, 3.05) is 20.1 Å². The summed E-state index contributed by atoms with van der Waals surface area (Å²) in [5, 5.41) is 3.92. The van der Waals surface area contributed by atoms with Crippen molar-refractivity contribution in [2.24, 2.45) is 5.92 Å². The Morgan fingerprint density at radius 3 is 2.65 bits per heavy atom. The van der Waals surface area contributed by atoms with Gasteiger partial charge in [-0.2, -0.15) is 0 Å². The van der Waals surface area contributed by atoms with Gasteiger partial charge in [0, 0.05) is 18.6 Å². The molecule has 2 fully saturated rings. The standard InChI is InChI=1S/C18H28N2/c1-13-6-4-5-7-17(13)15-10-16(11-15)19-18-8-9-20(3)12-14(18)2/h4-7,14-16,18-19H,8-12H2,1-3H3. The first-order chi connectivity index (χ1) is 9.63. The molecule has 1 saturated heterocycles. The zero-order valence-electron chi connectivity index (χ0n) is 13.1. The molecule has 1 aliphatic heterocycles. The van der Waals surface area contributed by atoms with Crippen LogP contribution in [-0.4, -0.2) is 37.1 Å². The van der Waals surface area contributed by atoms with E-state index >= 15 is 0 Å². The number of hydrogen-bond acceptors (Lipinski definition) is 2. The van der Waals surface area contributed by atoms with Crippen molar-refractivity contribution in [1.82, 2.24) is 10.2 Å². The van der Waals surface area contributed by atoms with E-state index in [4.69, 9.17) is 0 Å². The van der Waals surface area contributed by atoms with Crippen LogP contribution in [0.3, 0.4) is 0 Å². The molecule has 2 atom stereocenters. The lowest BCUT2D eigenvalue weighted by molar-refractivity contribution is 0.145. The van der Waals surface area contributed by atoms with Crippen LogP contribution in [0.4, 0.5) is 0 Å². The van der Waals surface area contributed by atoms with E-state index in [1.807, 2.05) is 0 Å². The van der Waals surface area contributed by atoms with Gasteiger partial charge >= 0.3 is 0 Å². The minimum absolute atomic E-state index is 0.731. The van der Waals surface area contributed by atoms with Gasteiger partial charge in [-0.25, -0.2) is 0 Å². The van der Waals surface area contributed by atoms with Gasteiger partial charge in [0.05, 0.1) is 0 Å². The van der Waals surface area contributed by atoms with Gasteiger partial charge in [0.1, 0.15) is 0 Å². The molecule has 1 aliphatic carbocycles. The van der Waals surface area contributed by atoms with E-state index in [0.29, 0.717) is 0 Å². The average molecular weight is 272 g/mol. The molecule has 110 valence electrons. The lowest BCUT2D eigenvalue weighted by Gasteiger charge is -2.43. The van der Waals surface area contributed by atoms with Gasteiger partial charge < -0.3 is 10.2 Å². The molecule has 1 N–H and O–H groups in total. The number of likely N-dealkylation sites (tertiary alicyclic amines) is 1. The van der Waals surface area contributed by atoms with Crippen LogP contribution >= 0.6 is 0 Å². The molecule has 2 aliphatic rings. The van der Waals surface area contributed by atoms with E-state index in [9.17, 15) is 0 Å². The van der Waals surface area contributed by atoms with Gasteiger partial charge in [0.2, 0.25) is 0 Å². The summed E-state index contributed by atoms with van der Waals surface area (Å²) in [5.41, 5.74) is 3.03. The van der Waals surface area contributed by atoms with Crippen molar-refractivity contribution in [1.29, 1.82) is 0 Å². The van der Waals surface area contributed by atoms with Crippen molar-refractivity contribution in [3.63, 3.8) is 0 Å². The summed E-state index contributed by atoms with van der Waals surface area (Å²) in [6.07, 6.45) is 3.96. The Bertz CT molecular complexity index is 450. The molecule has 2 unspecified atom stereocenters. The molecule has 1 aromatic rings. The molecule has 0 bridgehead atoms. The molecule has 0 aromatic heterocycles. The molecule has 1 saturated carbocycles. The third-order valence-corrected chi connectivity index (χ3v) is 5.32. The molecule has 0 spiro atoms. The second-order valence-electron chi connectivity index (χ2n) is 7.02. The van der Waals surface area contributed by atoms with E-state index in [0.717, 1.165) is 23.9 Å². The van der Waals surface area contributed by atoms with Gasteiger partial charge in [0.15, 0.2) is 0 Å². The Morgan fingerprint density at radius 1 is 1.20 bits per heavy atom. The van der Waals surface area contributed by atoms with E-state index in [1.54, 1.807) is 5.56 Å². The molecule has 2 nitrogen and oxygen atoms in total. The maximum Gasteiger partial charge on any atom is 0.0120 e. The molecule has 1 aromatic carbocycles. The van der Waals surface area contributed by atoms with E-state index in [-0.39, 0.29) is 0 Å². The van der Waals surface area contributed by atoms with Gasteiger partial charge in [-0.05, 0) is 62.7 Å². The van der Waals surface area contributed by atoms with Gasteiger partial charge in [-0.3, -0.25) is 0 Å². The first-order valence-electron chi connectivity index (χ1n) is 8.13. The maximum atomic E-state index is 3.92. The highest BCUT2D eigenvalue weighted by Crippen LogP contribution is 2.39. The van der Waals surface area contributed by atoms with Crippen LogP contribution in [0.5, 0.6) is 0 Å². The largest absolute Gasteiger partial charge is 0.311 e. The molecule has 0 amide bonds. The smallest absolute Gasteiger partial charge is 0.0120 e. The fraction of sp³-hybridized carbons (Fsp3) is 0.667. The van der Waals surface area contributed by atoms with E-state index in [1.165, 1.54) is 37.9 Å². The topological polar surface area (TPSA) is 15.3 Å². The molecular weight excluding hydrogens is 244 g/mol. The Balaban J connectivity index is 1.50. The Kier molecular flexibility index (Phi) is 4.13. The number of nitrogens with one attached hydrogen (secondary N) is 1. The summed E-state index contributed by atoms with van der Waals surface area (Å²) in [6.45, 7) is 7.13. The fourth-order valence-corrected chi connectivity index (χ4v) is 3.96. The predicted molar refractivity (Wildman–Crippen MR) is 85.1 cm³/mol. The normalized spacial score (nSPS) is 34.8. The van der Waals surface area contributed by atoms with Gasteiger partial charge in [-0.1, -0.05) is 31.2 Å². The molecule has 0 radical (unpaired) electrons. The zero-order chi connectivity index (χ0) is 14.1. The predicted octanol–water partition coefficient (Wildman–Crippen LogP) is 3.17. The third-order valence-electron chi connectivity index (χ3n) is 5.32. The first kappa shape index (κ1) is 14.1. The van der Waals surface area contributed by atoms with Crippen molar-refractivity contribution in [2.45, 2.75) is 51.1 Å². The van der Waals surface area contributed by atoms with E-state index in [2.05, 4.69) is 55.4 Å². The van der Waals surface area contributed by atoms with Crippen molar-refractivity contribution >= 4 is 0 Å². The highest BCUT2D eigenvalue weighted by molar-refractivity contribution is 5.31. The summed E-state index contributed by atoms with van der Waals surface area (Å²) in [5.74, 6) is 1.57. The highest BCUT2D eigenvalue weighted by Gasteiger charge is 2.34. The van der Waals surface area contributed by atoms with Crippen LogP contribution in [0.15, 0.2) is 24.3 Å². The first-order valence-corrected chi connectivity index (χ1v) is 8.13. The maximum absolute atomic E-state index is 3.92. The number of piperidine rings is 1. The number of hydrogen-bond donors (Lipinski definition) is 1. The molecule has 3 rings (SSSR count). The van der Waals surface area contributed by atoms with Gasteiger partial charge in [0.25, 0.3) is 0 Å². The Labute approximate surface area is 123 Å². The van der Waals surface area contributed by atoms with Crippen molar-refractivity contribution < 1.29 is 0 Å². The van der Waals surface area contributed by atoms with Crippen LogP contribution in [0, 0.1) is 12.8 Å². The lowest BCUT2D eigenvalue weighted by Crippen LogP contribution is -2.53. The lowest BCUT2D eigenvalue weighted by atomic mass is 9.74. The van der Waals surface area contributed by atoms with Crippen LogP contribution in [0.2, 0.25) is 0 Å². The highest BCUT2D eigenvalue weighted by atomic mass is 15.1. The van der Waals surface area contributed by atoms with Crippen LogP contribution in [-0.2, 0) is 0 Å². The number of rotatable bonds is 3. The second-order valence-corrected chi connectivity index (χ2v) is 7.02. The number of aryl methyl sites for hydroxylation is 1. The van der Waals surface area contributed by atoms with E-state index < -0.39 is 0 Å². The van der Waals surface area contributed by atoms with Crippen molar-refractivity contribution in [3.8, 4) is 0 Å². The van der Waals surface area contributed by atoms with Crippen molar-refractivity contribution in [3.05, 3.63) is 35.4 Å². The SMILES string of the molecule is Cc1ccccc1C1CC(NC2CCN(C)CC2C)C1. The average Bonchev–Trinajstić information content (AvgIpc) is 2.37. The summed E-state index contributed by atoms with van der Waals surface area (Å²) in [6, 6.07) is 10.4. The second kappa shape index (κ2) is 5.87. The summed E-state index contributed by atoms with van der Waals surface area (Å²) in [4.78, 5) is 2.46. The summed E-state index contributed by atoms with van der Waals surface area (Å²) < 4.78 is 0. The van der Waals surface area contributed by atoms with Crippen LogP contribution in [0.1, 0.15) is 43.2 Å². The quantitative estimate of drug-likeness (QED) is 0.909. The minimum atomic E-state index is 0.731. The summed E-state index contributed by atoms with van der Waals surface area (Å²) in [7, 11) is 2.24. The minimum Gasteiger partial charge on any atom is -0.311 e. The van der Waals surface area contributed by atoms with Crippen LogP contribution in [0.25, 0.3) is 0 Å². The van der Waals surface area contributed by atoms with Gasteiger partial charge in [-0.15, -0.1) is 0 Å². The Morgan fingerprint density at radius 2 is 1.95 bits per heavy atom. The number of nitrogens with zero attached hydrogens (tertiary/aromatic N) is 1. The molecule has 1 heterocycles. The number of benzene rings is 1. The molecule has 20 heavy (non-hydrogen) atoms. The molecular formula is C18H28N2. The van der Waals surface area contributed by atoms with Crippen LogP contribution < -0.4 is 5.32 Å². The monoisotopic (exact) mass is 272 g/mol. The third kappa shape index (κ3) is 2.91. The molecule has 2 heteroatoms. The fourth-order valence-electron chi connectivity index (χ4n) is 3.96.